The van der Waals surface area contributed by atoms with Crippen LogP contribution in [-0.4, -0.2) is 11.1 Å². The Labute approximate surface area is 105 Å². The van der Waals surface area contributed by atoms with E-state index in [9.17, 15) is 4.79 Å². The zero-order chi connectivity index (χ0) is 12.5. The SMILES string of the molecule is Cc1noc2c1NC(=O)CC(c1ccccc1)C2. The fourth-order valence-electron chi connectivity index (χ4n) is 2.39. The summed E-state index contributed by atoms with van der Waals surface area (Å²) in [6.45, 7) is 1.84. The number of carbonyl (C=O) groups is 1. The average Bonchev–Trinajstić information content (AvgIpc) is 2.62. The highest BCUT2D eigenvalue weighted by molar-refractivity contribution is 5.93. The van der Waals surface area contributed by atoms with Gasteiger partial charge < -0.3 is 9.84 Å². The van der Waals surface area contributed by atoms with E-state index < -0.39 is 0 Å². The Morgan fingerprint density at radius 2 is 2.06 bits per heavy atom. The van der Waals surface area contributed by atoms with Crippen LogP contribution in [0.1, 0.15) is 29.4 Å². The molecular weight excluding hydrogens is 228 g/mol. The van der Waals surface area contributed by atoms with Crippen molar-refractivity contribution in [3.8, 4) is 0 Å². The number of aromatic nitrogens is 1. The van der Waals surface area contributed by atoms with E-state index >= 15 is 0 Å². The lowest BCUT2D eigenvalue weighted by Gasteiger charge is -2.12. The van der Waals surface area contributed by atoms with Gasteiger partial charge in [-0.2, -0.15) is 0 Å². The average molecular weight is 242 g/mol. The first-order valence-electron chi connectivity index (χ1n) is 6.04. The second kappa shape index (κ2) is 4.29. The Kier molecular flexibility index (Phi) is 2.63. The number of nitrogens with zero attached hydrogens (tertiary/aromatic N) is 1. The number of anilines is 1. The van der Waals surface area contributed by atoms with E-state index in [0.29, 0.717) is 12.8 Å². The number of nitrogens with one attached hydrogen (secondary N) is 1. The number of hydrogen-bond acceptors (Lipinski definition) is 3. The normalized spacial score (nSPS) is 18.9. The summed E-state index contributed by atoms with van der Waals surface area (Å²) in [4.78, 5) is 11.9. The van der Waals surface area contributed by atoms with E-state index in [1.54, 1.807) is 0 Å². The maximum Gasteiger partial charge on any atom is 0.225 e. The van der Waals surface area contributed by atoms with Crippen LogP contribution in [0.5, 0.6) is 0 Å². The second-order valence-electron chi connectivity index (χ2n) is 4.63. The Morgan fingerprint density at radius 1 is 1.28 bits per heavy atom. The summed E-state index contributed by atoms with van der Waals surface area (Å²) in [6, 6.07) is 10.1. The molecule has 2 heterocycles. The van der Waals surface area contributed by atoms with Crippen molar-refractivity contribution < 1.29 is 9.32 Å². The molecule has 0 saturated heterocycles. The van der Waals surface area contributed by atoms with Crippen molar-refractivity contribution >= 4 is 11.6 Å². The topological polar surface area (TPSA) is 55.1 Å². The van der Waals surface area contributed by atoms with E-state index in [1.165, 1.54) is 0 Å². The molecule has 1 unspecified atom stereocenters. The predicted octanol–water partition coefficient (Wildman–Crippen LogP) is 2.65. The third kappa shape index (κ3) is 1.90. The maximum absolute atomic E-state index is 11.9. The molecule has 0 aliphatic carbocycles. The zero-order valence-corrected chi connectivity index (χ0v) is 10.1. The number of aryl methyl sites for hydroxylation is 1. The van der Waals surface area contributed by atoms with Gasteiger partial charge in [-0.15, -0.1) is 0 Å². The molecule has 0 radical (unpaired) electrons. The van der Waals surface area contributed by atoms with Gasteiger partial charge in [0.05, 0.1) is 0 Å². The van der Waals surface area contributed by atoms with Gasteiger partial charge >= 0.3 is 0 Å². The summed E-state index contributed by atoms with van der Waals surface area (Å²) in [7, 11) is 0. The summed E-state index contributed by atoms with van der Waals surface area (Å²) in [5.41, 5.74) is 2.65. The first kappa shape index (κ1) is 11.0. The van der Waals surface area contributed by atoms with Crippen molar-refractivity contribution in [2.75, 3.05) is 5.32 Å². The van der Waals surface area contributed by atoms with E-state index in [0.717, 1.165) is 22.7 Å². The molecule has 92 valence electrons. The van der Waals surface area contributed by atoms with Crippen molar-refractivity contribution in [2.24, 2.45) is 0 Å². The lowest BCUT2D eigenvalue weighted by molar-refractivity contribution is -0.116. The Hall–Kier alpha value is -2.10. The third-order valence-electron chi connectivity index (χ3n) is 3.33. The van der Waals surface area contributed by atoms with Crippen molar-refractivity contribution in [1.82, 2.24) is 5.16 Å². The lowest BCUT2D eigenvalue weighted by atomic mass is 9.92. The molecule has 1 aromatic heterocycles. The van der Waals surface area contributed by atoms with Gasteiger partial charge in [0.25, 0.3) is 0 Å². The van der Waals surface area contributed by atoms with Gasteiger partial charge in [-0.05, 0) is 18.4 Å². The molecule has 1 aromatic carbocycles. The van der Waals surface area contributed by atoms with E-state index in [4.69, 9.17) is 4.52 Å². The maximum atomic E-state index is 11.9. The second-order valence-corrected chi connectivity index (χ2v) is 4.63. The number of fused-ring (bicyclic) bond motifs is 1. The van der Waals surface area contributed by atoms with E-state index in [1.807, 2.05) is 37.3 Å². The highest BCUT2D eigenvalue weighted by atomic mass is 16.5. The molecule has 0 fully saturated rings. The van der Waals surface area contributed by atoms with Gasteiger partial charge in [0.15, 0.2) is 5.76 Å². The number of hydrogen-bond donors (Lipinski definition) is 1. The highest BCUT2D eigenvalue weighted by Gasteiger charge is 2.26. The fraction of sp³-hybridized carbons (Fsp3) is 0.286. The first-order chi connectivity index (χ1) is 8.74. The molecule has 4 nitrogen and oxygen atoms in total. The Morgan fingerprint density at radius 3 is 2.83 bits per heavy atom. The van der Waals surface area contributed by atoms with Gasteiger partial charge in [-0.3, -0.25) is 4.79 Å². The molecule has 18 heavy (non-hydrogen) atoms. The summed E-state index contributed by atoms with van der Waals surface area (Å²) < 4.78 is 5.30. The minimum Gasteiger partial charge on any atom is -0.359 e. The van der Waals surface area contributed by atoms with Gasteiger partial charge in [-0.25, -0.2) is 0 Å². The monoisotopic (exact) mass is 242 g/mol. The fourth-order valence-corrected chi connectivity index (χ4v) is 2.39. The smallest absolute Gasteiger partial charge is 0.225 e. The molecule has 1 aliphatic rings. The molecule has 0 bridgehead atoms. The molecule has 2 aromatic rings. The van der Waals surface area contributed by atoms with Crippen molar-refractivity contribution in [3.63, 3.8) is 0 Å². The summed E-state index contributed by atoms with van der Waals surface area (Å²) in [5, 5.41) is 6.79. The zero-order valence-electron chi connectivity index (χ0n) is 10.1. The van der Waals surface area contributed by atoms with Crippen molar-refractivity contribution in [2.45, 2.75) is 25.7 Å². The van der Waals surface area contributed by atoms with Crippen LogP contribution in [-0.2, 0) is 11.2 Å². The van der Waals surface area contributed by atoms with Crippen molar-refractivity contribution in [3.05, 3.63) is 47.3 Å². The molecule has 0 spiro atoms. The van der Waals surface area contributed by atoms with Crippen LogP contribution in [0.4, 0.5) is 5.69 Å². The van der Waals surface area contributed by atoms with Gasteiger partial charge in [0.2, 0.25) is 5.91 Å². The van der Waals surface area contributed by atoms with Crippen LogP contribution >= 0.6 is 0 Å². The van der Waals surface area contributed by atoms with Crippen LogP contribution < -0.4 is 5.32 Å². The lowest BCUT2D eigenvalue weighted by Crippen LogP contribution is -2.13. The highest BCUT2D eigenvalue weighted by Crippen LogP contribution is 2.32. The number of carbonyl (C=O) groups excluding carboxylic acids is 1. The predicted molar refractivity (Wildman–Crippen MR) is 67.4 cm³/mol. The molecule has 0 saturated carbocycles. The summed E-state index contributed by atoms with van der Waals surface area (Å²) in [5.74, 6) is 0.945. The summed E-state index contributed by atoms with van der Waals surface area (Å²) >= 11 is 0. The molecule has 1 amide bonds. The molecule has 1 atom stereocenters. The minimum absolute atomic E-state index is 0.0221. The summed E-state index contributed by atoms with van der Waals surface area (Å²) in [6.07, 6.45) is 1.19. The van der Waals surface area contributed by atoms with Gasteiger partial charge in [-0.1, -0.05) is 35.5 Å². The Balaban J connectivity index is 1.97. The van der Waals surface area contributed by atoms with Crippen LogP contribution in [0.3, 0.4) is 0 Å². The van der Waals surface area contributed by atoms with Gasteiger partial charge in [0, 0.05) is 12.8 Å². The van der Waals surface area contributed by atoms with Crippen LogP contribution in [0.2, 0.25) is 0 Å². The van der Waals surface area contributed by atoms with E-state index in [2.05, 4.69) is 10.5 Å². The molecular formula is C14H14N2O2. The first-order valence-corrected chi connectivity index (χ1v) is 6.04. The molecule has 4 heteroatoms. The Bertz CT molecular complexity index is 575. The standard InChI is InChI=1S/C14H14N2O2/c1-9-14-12(18-16-9)7-11(8-13(17)15-14)10-5-3-2-4-6-10/h2-6,11H,7-8H2,1H3,(H,15,17). The largest absolute Gasteiger partial charge is 0.359 e. The molecule has 1 aliphatic heterocycles. The molecule has 3 rings (SSSR count). The number of rotatable bonds is 1. The minimum atomic E-state index is 0.0221. The van der Waals surface area contributed by atoms with Crippen LogP contribution in [0.15, 0.2) is 34.9 Å². The quantitative estimate of drug-likeness (QED) is 0.836. The number of amides is 1. The third-order valence-corrected chi connectivity index (χ3v) is 3.33. The van der Waals surface area contributed by atoms with Crippen LogP contribution in [0, 0.1) is 6.92 Å². The molecule has 1 N–H and O–H groups in total. The van der Waals surface area contributed by atoms with E-state index in [-0.39, 0.29) is 11.8 Å². The van der Waals surface area contributed by atoms with Crippen LogP contribution in [0.25, 0.3) is 0 Å². The van der Waals surface area contributed by atoms with Gasteiger partial charge in [0.1, 0.15) is 11.4 Å². The van der Waals surface area contributed by atoms with Crippen molar-refractivity contribution in [1.29, 1.82) is 0 Å². The number of benzene rings is 1.